The number of nitrogens with one attached hydrogen (secondary N) is 2. The van der Waals surface area contributed by atoms with Crippen molar-refractivity contribution in [1.29, 1.82) is 0 Å². The molecule has 0 saturated carbocycles. The minimum atomic E-state index is -0.325. The molecule has 4 rings (SSSR count). The largest absolute Gasteiger partial charge is 0.352 e. The number of carbonyl (C=O) groups excluding carboxylic acids is 2. The van der Waals surface area contributed by atoms with Crippen LogP contribution in [0.2, 0.25) is 5.02 Å². The molecule has 2 aliphatic heterocycles. The Morgan fingerprint density at radius 3 is 2.59 bits per heavy atom. The first kappa shape index (κ1) is 19.9. The molecule has 29 heavy (non-hydrogen) atoms. The lowest BCUT2D eigenvalue weighted by atomic mass is 9.84. The Bertz CT molecular complexity index is 891. The Kier molecular flexibility index (Phi) is 5.85. The summed E-state index contributed by atoms with van der Waals surface area (Å²) < 4.78 is 0. The van der Waals surface area contributed by atoms with Crippen LogP contribution in [0.15, 0.2) is 54.6 Å². The fraction of sp³-hybridized carbons (Fsp3) is 0.364. The number of nitrogens with zero attached hydrogens (tertiary/aromatic N) is 2. The molecule has 2 saturated heterocycles. The fourth-order valence-corrected chi connectivity index (χ4v) is 4.37. The van der Waals surface area contributed by atoms with E-state index in [9.17, 15) is 9.59 Å². The highest BCUT2D eigenvalue weighted by Crippen LogP contribution is 2.31. The van der Waals surface area contributed by atoms with Gasteiger partial charge < -0.3 is 10.2 Å². The van der Waals surface area contributed by atoms with Crippen molar-refractivity contribution in [3.05, 3.63) is 65.2 Å². The molecule has 2 aliphatic rings. The molecule has 7 heteroatoms. The van der Waals surface area contributed by atoms with Crippen molar-refractivity contribution in [2.45, 2.75) is 19.5 Å². The second kappa shape index (κ2) is 8.53. The van der Waals surface area contributed by atoms with Gasteiger partial charge in [-0.3, -0.25) is 9.59 Å². The van der Waals surface area contributed by atoms with Crippen molar-refractivity contribution in [2.24, 2.45) is 11.8 Å². The molecule has 2 fully saturated rings. The number of amides is 2. The minimum absolute atomic E-state index is 0.0169. The van der Waals surface area contributed by atoms with E-state index < -0.39 is 0 Å². The van der Waals surface area contributed by atoms with E-state index in [2.05, 4.69) is 22.6 Å². The van der Waals surface area contributed by atoms with Crippen LogP contribution in [0.3, 0.4) is 0 Å². The number of hydrogen-bond donors (Lipinski definition) is 2. The number of benzene rings is 2. The molecule has 0 bridgehead atoms. The molecule has 2 aromatic carbocycles. The van der Waals surface area contributed by atoms with E-state index in [4.69, 9.17) is 11.6 Å². The monoisotopic (exact) mass is 412 g/mol. The number of hydrogen-bond acceptors (Lipinski definition) is 4. The van der Waals surface area contributed by atoms with E-state index in [1.54, 1.807) is 5.01 Å². The van der Waals surface area contributed by atoms with Crippen molar-refractivity contribution in [2.75, 3.05) is 24.6 Å². The third-order valence-electron chi connectivity index (χ3n) is 5.80. The maximum absolute atomic E-state index is 13.1. The Hall–Kier alpha value is -2.41. The van der Waals surface area contributed by atoms with Crippen molar-refractivity contribution >= 4 is 29.1 Å². The molecule has 6 nitrogen and oxygen atoms in total. The highest BCUT2D eigenvalue weighted by Gasteiger charge is 2.50. The topological polar surface area (TPSA) is 64.7 Å². The number of para-hydroxylation sites is 1. The van der Waals surface area contributed by atoms with Crippen LogP contribution in [0.4, 0.5) is 5.69 Å². The molecule has 2 amide bonds. The molecule has 0 spiro atoms. The first-order chi connectivity index (χ1) is 14.1. The van der Waals surface area contributed by atoms with Gasteiger partial charge in [0.1, 0.15) is 0 Å². The van der Waals surface area contributed by atoms with Gasteiger partial charge in [-0.25, -0.2) is 10.4 Å². The van der Waals surface area contributed by atoms with Crippen LogP contribution >= 0.6 is 11.6 Å². The number of rotatable bonds is 5. The third kappa shape index (κ3) is 4.01. The number of halogens is 1. The van der Waals surface area contributed by atoms with Gasteiger partial charge in [0.25, 0.3) is 0 Å². The van der Waals surface area contributed by atoms with Gasteiger partial charge in [-0.1, -0.05) is 54.9 Å². The van der Waals surface area contributed by atoms with Gasteiger partial charge in [-0.2, -0.15) is 0 Å². The highest BCUT2D eigenvalue weighted by molar-refractivity contribution is 6.31. The second-order valence-corrected chi connectivity index (χ2v) is 7.95. The van der Waals surface area contributed by atoms with E-state index in [0.717, 1.165) is 17.8 Å². The number of likely N-dealkylation sites (tertiary alicyclic amines) is 1. The van der Waals surface area contributed by atoms with Crippen molar-refractivity contribution in [1.82, 2.24) is 15.6 Å². The molecule has 2 N–H and O–H groups in total. The summed E-state index contributed by atoms with van der Waals surface area (Å²) in [4.78, 5) is 28.3. The summed E-state index contributed by atoms with van der Waals surface area (Å²) in [5.41, 5.74) is 4.99. The number of anilines is 1. The molecule has 3 atom stereocenters. The number of hydrazine groups is 1. The maximum atomic E-state index is 13.1. The molecule has 2 heterocycles. The summed E-state index contributed by atoms with van der Waals surface area (Å²) in [6, 6.07) is 16.8. The molecule has 152 valence electrons. The SMILES string of the molecule is CCN1CC(C(=O)NCc2ccccc2Cl)C2NN(c3ccccc3)C(=O)C2C1. The lowest BCUT2D eigenvalue weighted by Gasteiger charge is -2.37. The van der Waals surface area contributed by atoms with Gasteiger partial charge in [0, 0.05) is 24.7 Å². The lowest BCUT2D eigenvalue weighted by Crippen LogP contribution is -2.56. The average Bonchev–Trinajstić information content (AvgIpc) is 3.09. The summed E-state index contributed by atoms with van der Waals surface area (Å²) in [7, 11) is 0. The average molecular weight is 413 g/mol. The Morgan fingerprint density at radius 1 is 1.14 bits per heavy atom. The van der Waals surface area contributed by atoms with Crippen LogP contribution in [0.1, 0.15) is 12.5 Å². The molecule has 2 aromatic rings. The number of piperidine rings is 1. The van der Waals surface area contributed by atoms with E-state index in [0.29, 0.717) is 24.7 Å². The zero-order valence-corrected chi connectivity index (χ0v) is 17.1. The van der Waals surface area contributed by atoms with Gasteiger partial charge in [0.15, 0.2) is 0 Å². The maximum Gasteiger partial charge on any atom is 0.247 e. The zero-order chi connectivity index (χ0) is 20.4. The van der Waals surface area contributed by atoms with Gasteiger partial charge in [0.05, 0.1) is 23.6 Å². The van der Waals surface area contributed by atoms with Crippen LogP contribution in [0, 0.1) is 11.8 Å². The molecule has 0 radical (unpaired) electrons. The first-order valence-electron chi connectivity index (χ1n) is 9.97. The number of fused-ring (bicyclic) bond motifs is 1. The van der Waals surface area contributed by atoms with E-state index >= 15 is 0 Å². The van der Waals surface area contributed by atoms with Gasteiger partial charge in [0.2, 0.25) is 11.8 Å². The molecule has 3 unspecified atom stereocenters. The smallest absolute Gasteiger partial charge is 0.247 e. The van der Waals surface area contributed by atoms with Crippen molar-refractivity contribution in [3.63, 3.8) is 0 Å². The van der Waals surface area contributed by atoms with Crippen LogP contribution in [-0.4, -0.2) is 42.4 Å². The summed E-state index contributed by atoms with van der Waals surface area (Å²) in [5.74, 6) is -0.620. The second-order valence-electron chi connectivity index (χ2n) is 7.54. The van der Waals surface area contributed by atoms with E-state index in [1.807, 2.05) is 54.6 Å². The van der Waals surface area contributed by atoms with Gasteiger partial charge in [-0.05, 0) is 30.3 Å². The third-order valence-corrected chi connectivity index (χ3v) is 6.17. The Balaban J connectivity index is 1.52. The van der Waals surface area contributed by atoms with Crippen LogP contribution in [0.5, 0.6) is 0 Å². The standard InChI is InChI=1S/C22H25ClN4O2/c1-2-26-13-17(21(28)24-12-15-8-6-7-11-19(15)23)20-18(14-26)22(29)27(25-20)16-9-4-3-5-10-16/h3-11,17-18,20,25H,2,12-14H2,1H3,(H,24,28). The van der Waals surface area contributed by atoms with Gasteiger partial charge in [-0.15, -0.1) is 0 Å². The fourth-order valence-electron chi connectivity index (χ4n) is 4.17. The Labute approximate surface area is 175 Å². The van der Waals surface area contributed by atoms with Crippen molar-refractivity contribution in [3.8, 4) is 0 Å². The molecule has 0 aromatic heterocycles. The summed E-state index contributed by atoms with van der Waals surface area (Å²) >= 11 is 6.21. The number of carbonyl (C=O) groups is 2. The van der Waals surface area contributed by atoms with Gasteiger partial charge >= 0.3 is 0 Å². The highest BCUT2D eigenvalue weighted by atomic mass is 35.5. The van der Waals surface area contributed by atoms with E-state index in [1.165, 1.54) is 0 Å². The molecular formula is C22H25ClN4O2. The summed E-state index contributed by atoms with van der Waals surface area (Å²) in [6.07, 6.45) is 0. The minimum Gasteiger partial charge on any atom is -0.352 e. The van der Waals surface area contributed by atoms with Crippen molar-refractivity contribution < 1.29 is 9.59 Å². The predicted molar refractivity (Wildman–Crippen MR) is 113 cm³/mol. The zero-order valence-electron chi connectivity index (χ0n) is 16.3. The first-order valence-corrected chi connectivity index (χ1v) is 10.3. The molecular weight excluding hydrogens is 388 g/mol. The summed E-state index contributed by atoms with van der Waals surface area (Å²) in [6.45, 7) is 4.51. The predicted octanol–water partition coefficient (Wildman–Crippen LogP) is 2.44. The summed E-state index contributed by atoms with van der Waals surface area (Å²) in [5, 5.41) is 5.25. The molecule has 0 aliphatic carbocycles. The van der Waals surface area contributed by atoms with E-state index in [-0.39, 0.29) is 29.7 Å². The lowest BCUT2D eigenvalue weighted by molar-refractivity contribution is -0.129. The van der Waals surface area contributed by atoms with Crippen LogP contribution in [-0.2, 0) is 16.1 Å². The Morgan fingerprint density at radius 2 is 1.86 bits per heavy atom. The normalized spacial score (nSPS) is 24.4. The quantitative estimate of drug-likeness (QED) is 0.791. The van der Waals surface area contributed by atoms with Crippen LogP contribution in [0.25, 0.3) is 0 Å². The van der Waals surface area contributed by atoms with Crippen LogP contribution < -0.4 is 15.8 Å².